The molecule has 1 heterocycles. The first-order valence-corrected chi connectivity index (χ1v) is 5.35. The van der Waals surface area contributed by atoms with Crippen molar-refractivity contribution >= 4 is 5.91 Å². The topological polar surface area (TPSA) is 29.5 Å². The molecule has 0 aromatic carbocycles. The van der Waals surface area contributed by atoms with Gasteiger partial charge >= 0.3 is 0 Å². The van der Waals surface area contributed by atoms with Gasteiger partial charge in [-0.1, -0.05) is 13.8 Å². The molecule has 14 heavy (non-hydrogen) atoms. The van der Waals surface area contributed by atoms with Crippen molar-refractivity contribution in [2.45, 2.75) is 46.1 Å². The molecule has 0 bridgehead atoms. The lowest BCUT2D eigenvalue weighted by molar-refractivity contribution is -0.141. The average Bonchev–Trinajstić information content (AvgIpc) is 2.47. The highest BCUT2D eigenvalue weighted by Gasteiger charge is 2.26. The summed E-state index contributed by atoms with van der Waals surface area (Å²) < 4.78 is 5.75. The summed E-state index contributed by atoms with van der Waals surface area (Å²) in [5.41, 5.74) is -0.150. The van der Waals surface area contributed by atoms with Crippen LogP contribution in [0.4, 0.5) is 0 Å². The lowest BCUT2D eigenvalue weighted by atomic mass is 9.95. The predicted octanol–water partition coefficient (Wildman–Crippen LogP) is 2.02. The monoisotopic (exact) mass is 199 g/mol. The van der Waals surface area contributed by atoms with Crippen molar-refractivity contribution in [3.8, 4) is 0 Å². The van der Waals surface area contributed by atoms with Gasteiger partial charge in [-0.15, -0.1) is 0 Å². The van der Waals surface area contributed by atoms with Crippen molar-refractivity contribution in [3.05, 3.63) is 0 Å². The molecule has 3 heteroatoms. The fourth-order valence-corrected chi connectivity index (χ4v) is 1.25. The van der Waals surface area contributed by atoms with Crippen LogP contribution in [0.3, 0.4) is 0 Å². The second kappa shape index (κ2) is 4.30. The predicted molar refractivity (Wildman–Crippen MR) is 55.8 cm³/mol. The molecule has 1 amide bonds. The van der Waals surface area contributed by atoms with Crippen molar-refractivity contribution in [1.82, 2.24) is 4.90 Å². The van der Waals surface area contributed by atoms with Gasteiger partial charge in [0.05, 0.1) is 5.60 Å². The third-order valence-corrected chi connectivity index (χ3v) is 3.15. The Bertz CT molecular complexity index is 211. The van der Waals surface area contributed by atoms with Gasteiger partial charge in [-0.25, -0.2) is 0 Å². The number of likely N-dealkylation sites (tertiary alicyclic amines) is 1. The van der Waals surface area contributed by atoms with Gasteiger partial charge in [0.15, 0.2) is 0 Å². The number of nitrogens with zero attached hydrogens (tertiary/aromatic N) is 1. The summed E-state index contributed by atoms with van der Waals surface area (Å²) in [6.07, 6.45) is 1.66. The minimum atomic E-state index is -0.150. The molecule has 0 spiro atoms. The highest BCUT2D eigenvalue weighted by Crippen LogP contribution is 2.21. The van der Waals surface area contributed by atoms with Crippen LogP contribution < -0.4 is 0 Å². The molecular formula is C11H21NO2. The molecule has 1 aliphatic rings. The molecule has 1 saturated heterocycles. The molecular weight excluding hydrogens is 178 g/mol. The Labute approximate surface area is 86.4 Å². The summed E-state index contributed by atoms with van der Waals surface area (Å²) in [5.74, 6) is 0.685. The van der Waals surface area contributed by atoms with E-state index in [0.29, 0.717) is 19.1 Å². The average molecular weight is 199 g/mol. The Balaban J connectivity index is 2.36. The number of hydrogen-bond acceptors (Lipinski definition) is 2. The van der Waals surface area contributed by atoms with Crippen molar-refractivity contribution in [2.75, 3.05) is 13.3 Å². The van der Waals surface area contributed by atoms with E-state index in [-0.39, 0.29) is 11.5 Å². The van der Waals surface area contributed by atoms with Crippen LogP contribution in [0.1, 0.15) is 40.5 Å². The number of amides is 1. The van der Waals surface area contributed by atoms with Crippen molar-refractivity contribution < 1.29 is 9.53 Å². The summed E-state index contributed by atoms with van der Waals surface area (Å²) >= 11 is 0. The van der Waals surface area contributed by atoms with Crippen molar-refractivity contribution in [3.63, 3.8) is 0 Å². The van der Waals surface area contributed by atoms with E-state index in [9.17, 15) is 4.79 Å². The molecule has 1 aliphatic heterocycles. The standard InChI is InChI=1S/C11H21NO2/c1-9(2)11(3,4)14-8-12-7-5-6-10(12)13/h9H,5-8H2,1-4H3. The smallest absolute Gasteiger partial charge is 0.224 e. The maximum Gasteiger partial charge on any atom is 0.224 e. The van der Waals surface area contributed by atoms with Gasteiger partial charge < -0.3 is 9.64 Å². The summed E-state index contributed by atoms with van der Waals surface area (Å²) in [4.78, 5) is 13.1. The minimum Gasteiger partial charge on any atom is -0.355 e. The fraction of sp³-hybridized carbons (Fsp3) is 0.909. The number of carbonyl (C=O) groups is 1. The van der Waals surface area contributed by atoms with Crippen molar-refractivity contribution in [2.24, 2.45) is 5.92 Å². The van der Waals surface area contributed by atoms with Gasteiger partial charge in [-0.3, -0.25) is 4.79 Å². The van der Waals surface area contributed by atoms with Crippen LogP contribution in [-0.2, 0) is 9.53 Å². The van der Waals surface area contributed by atoms with Gasteiger partial charge in [0.2, 0.25) is 5.91 Å². The molecule has 0 radical (unpaired) electrons. The Morgan fingerprint density at radius 2 is 2.14 bits per heavy atom. The molecule has 0 aliphatic carbocycles. The zero-order chi connectivity index (χ0) is 10.8. The second-order valence-corrected chi connectivity index (χ2v) is 4.79. The van der Waals surface area contributed by atoms with Crippen molar-refractivity contribution in [1.29, 1.82) is 0 Å². The maximum absolute atomic E-state index is 11.3. The highest BCUT2D eigenvalue weighted by atomic mass is 16.5. The molecule has 0 unspecified atom stereocenters. The van der Waals surface area contributed by atoms with E-state index in [1.54, 1.807) is 4.90 Å². The summed E-state index contributed by atoms with van der Waals surface area (Å²) in [5, 5.41) is 0. The van der Waals surface area contributed by atoms with E-state index in [2.05, 4.69) is 27.7 Å². The molecule has 3 nitrogen and oxygen atoms in total. The quantitative estimate of drug-likeness (QED) is 0.693. The molecule has 0 aromatic heterocycles. The molecule has 0 N–H and O–H groups in total. The zero-order valence-electron chi connectivity index (χ0n) is 9.67. The lowest BCUT2D eigenvalue weighted by Gasteiger charge is -2.31. The van der Waals surface area contributed by atoms with Gasteiger partial charge in [-0.05, 0) is 26.2 Å². The number of hydrogen-bond donors (Lipinski definition) is 0. The van der Waals surface area contributed by atoms with E-state index < -0.39 is 0 Å². The summed E-state index contributed by atoms with van der Waals surface area (Å²) in [7, 11) is 0. The van der Waals surface area contributed by atoms with E-state index in [1.807, 2.05) is 0 Å². The molecule has 0 aromatic rings. The molecule has 82 valence electrons. The third-order valence-electron chi connectivity index (χ3n) is 3.15. The van der Waals surface area contributed by atoms with Crippen LogP contribution in [0, 0.1) is 5.92 Å². The van der Waals surface area contributed by atoms with Gasteiger partial charge in [-0.2, -0.15) is 0 Å². The summed E-state index contributed by atoms with van der Waals surface area (Å²) in [6, 6.07) is 0. The van der Waals surface area contributed by atoms with E-state index >= 15 is 0 Å². The minimum absolute atomic E-state index is 0.150. The van der Waals surface area contributed by atoms with E-state index in [4.69, 9.17) is 4.74 Å². The van der Waals surface area contributed by atoms with Crippen LogP contribution in [0.2, 0.25) is 0 Å². The first-order chi connectivity index (χ1) is 6.43. The Hall–Kier alpha value is -0.570. The van der Waals surface area contributed by atoms with Gasteiger partial charge in [0.25, 0.3) is 0 Å². The van der Waals surface area contributed by atoms with Crippen LogP contribution in [0.5, 0.6) is 0 Å². The SMILES string of the molecule is CC(C)C(C)(C)OCN1CCCC1=O. The second-order valence-electron chi connectivity index (χ2n) is 4.79. The molecule has 1 fully saturated rings. The largest absolute Gasteiger partial charge is 0.355 e. The Morgan fingerprint density at radius 3 is 2.57 bits per heavy atom. The van der Waals surface area contributed by atoms with Gasteiger partial charge in [0.1, 0.15) is 6.73 Å². The molecule has 0 saturated carbocycles. The fourth-order valence-electron chi connectivity index (χ4n) is 1.25. The van der Waals surface area contributed by atoms with E-state index in [1.165, 1.54) is 0 Å². The normalized spacial score (nSPS) is 18.4. The number of rotatable bonds is 4. The maximum atomic E-state index is 11.3. The van der Waals surface area contributed by atoms with Crippen LogP contribution in [-0.4, -0.2) is 29.7 Å². The number of carbonyl (C=O) groups excluding carboxylic acids is 1. The van der Waals surface area contributed by atoms with Crippen LogP contribution in [0.15, 0.2) is 0 Å². The van der Waals surface area contributed by atoms with Crippen LogP contribution >= 0.6 is 0 Å². The first-order valence-electron chi connectivity index (χ1n) is 5.35. The molecule has 1 rings (SSSR count). The Kier molecular flexibility index (Phi) is 3.53. The Morgan fingerprint density at radius 1 is 1.50 bits per heavy atom. The zero-order valence-corrected chi connectivity index (χ0v) is 9.67. The lowest BCUT2D eigenvalue weighted by Crippen LogP contribution is -2.37. The number of ether oxygens (including phenoxy) is 1. The van der Waals surface area contributed by atoms with E-state index in [0.717, 1.165) is 13.0 Å². The molecule has 0 atom stereocenters. The third kappa shape index (κ3) is 2.71. The first kappa shape index (κ1) is 11.5. The summed E-state index contributed by atoms with van der Waals surface area (Å²) in [6.45, 7) is 9.70. The highest BCUT2D eigenvalue weighted by molar-refractivity contribution is 5.77. The van der Waals surface area contributed by atoms with Crippen LogP contribution in [0.25, 0.3) is 0 Å². The van der Waals surface area contributed by atoms with Gasteiger partial charge in [0, 0.05) is 13.0 Å².